The summed E-state index contributed by atoms with van der Waals surface area (Å²) in [5.41, 5.74) is 0.408. The number of hydrogen-bond donors (Lipinski definition) is 2. The van der Waals surface area contributed by atoms with Gasteiger partial charge in [0, 0.05) is 38.2 Å². The maximum Gasteiger partial charge on any atom is 0.328 e. The van der Waals surface area contributed by atoms with Crippen LogP contribution in [-0.4, -0.2) is 24.8 Å². The van der Waals surface area contributed by atoms with E-state index in [9.17, 15) is 14.4 Å². The van der Waals surface area contributed by atoms with Crippen LogP contribution < -0.4 is 16.6 Å². The molecule has 2 N–H and O–H groups in total. The second-order valence-electron chi connectivity index (χ2n) is 4.80. The third-order valence-electron chi connectivity index (χ3n) is 3.30. The lowest BCUT2D eigenvalue weighted by molar-refractivity contribution is 0.0945. The molecule has 1 amide bonds. The topological polar surface area (TPSA) is 101 Å². The van der Waals surface area contributed by atoms with Gasteiger partial charge in [-0.25, -0.2) is 9.78 Å². The molecule has 0 saturated carbocycles. The van der Waals surface area contributed by atoms with Gasteiger partial charge in [0.25, 0.3) is 11.5 Å². The third kappa shape index (κ3) is 2.53. The number of hydrogen-bond acceptors (Lipinski definition) is 4. The summed E-state index contributed by atoms with van der Waals surface area (Å²) in [5, 5.41) is 2.65. The highest BCUT2D eigenvalue weighted by molar-refractivity contribution is 5.91. The molecule has 112 valence electrons. The molecule has 8 nitrogen and oxygen atoms in total. The highest BCUT2D eigenvalue weighted by Crippen LogP contribution is 2.05. The predicted octanol–water partition coefficient (Wildman–Crippen LogP) is -0.349. The first kappa shape index (κ1) is 13.8. The van der Waals surface area contributed by atoms with Crippen molar-refractivity contribution in [1.82, 2.24) is 24.3 Å². The van der Waals surface area contributed by atoms with Gasteiger partial charge in [0.05, 0.1) is 0 Å². The second-order valence-corrected chi connectivity index (χ2v) is 4.80. The predicted molar refractivity (Wildman–Crippen MR) is 78.7 cm³/mol. The lowest BCUT2D eigenvalue weighted by Crippen LogP contribution is -2.36. The number of carbonyl (C=O) groups is 1. The Kier molecular flexibility index (Phi) is 3.34. The van der Waals surface area contributed by atoms with E-state index in [1.54, 1.807) is 6.20 Å². The number of H-pyrrole nitrogens is 1. The number of amides is 1. The van der Waals surface area contributed by atoms with E-state index in [1.165, 1.54) is 7.05 Å². The smallest absolute Gasteiger partial charge is 0.328 e. The van der Waals surface area contributed by atoms with E-state index in [0.29, 0.717) is 0 Å². The molecule has 0 spiro atoms. The summed E-state index contributed by atoms with van der Waals surface area (Å²) in [7, 11) is 1.34. The quantitative estimate of drug-likeness (QED) is 0.690. The van der Waals surface area contributed by atoms with Gasteiger partial charge in [-0.15, -0.1) is 0 Å². The number of nitrogens with one attached hydrogen (secondary N) is 2. The molecule has 0 unspecified atom stereocenters. The molecular weight excluding hydrogens is 286 g/mol. The number of imidazole rings is 1. The van der Waals surface area contributed by atoms with E-state index in [0.717, 1.165) is 21.8 Å². The first-order valence-electron chi connectivity index (χ1n) is 6.55. The average molecular weight is 299 g/mol. The fourth-order valence-corrected chi connectivity index (χ4v) is 2.02. The number of rotatable bonds is 3. The van der Waals surface area contributed by atoms with Crippen molar-refractivity contribution in [3.63, 3.8) is 0 Å². The molecular formula is C14H13N5O3. The molecule has 0 radical (unpaired) electrons. The maximum absolute atomic E-state index is 12.0. The molecule has 3 aromatic heterocycles. The van der Waals surface area contributed by atoms with Gasteiger partial charge in [-0.2, -0.15) is 0 Å². The van der Waals surface area contributed by atoms with Crippen molar-refractivity contribution in [2.45, 2.75) is 6.54 Å². The summed E-state index contributed by atoms with van der Waals surface area (Å²) in [6.45, 7) is 0.263. The molecule has 0 aliphatic carbocycles. The van der Waals surface area contributed by atoms with Crippen LogP contribution in [-0.2, 0) is 13.6 Å². The number of aromatic amines is 1. The Balaban J connectivity index is 1.77. The zero-order chi connectivity index (χ0) is 15.7. The molecule has 0 bridgehead atoms. The van der Waals surface area contributed by atoms with E-state index in [1.807, 2.05) is 28.9 Å². The number of nitrogens with zero attached hydrogens (tertiary/aromatic N) is 3. The number of carbonyl (C=O) groups excluding carboxylic acids is 1. The Morgan fingerprint density at radius 1 is 1.32 bits per heavy atom. The van der Waals surface area contributed by atoms with Crippen LogP contribution in [0.4, 0.5) is 0 Å². The molecule has 0 atom stereocenters. The second kappa shape index (κ2) is 5.32. The van der Waals surface area contributed by atoms with Crippen molar-refractivity contribution in [2.24, 2.45) is 7.05 Å². The van der Waals surface area contributed by atoms with E-state index in [2.05, 4.69) is 15.3 Å². The van der Waals surface area contributed by atoms with E-state index in [4.69, 9.17) is 0 Å². The molecule has 0 saturated heterocycles. The molecule has 3 heterocycles. The van der Waals surface area contributed by atoms with E-state index >= 15 is 0 Å². The molecule has 3 aromatic rings. The normalized spacial score (nSPS) is 10.8. The summed E-state index contributed by atoms with van der Waals surface area (Å²) in [5.74, 6) is -0.516. The maximum atomic E-state index is 12.0. The van der Waals surface area contributed by atoms with Gasteiger partial charge in [-0.05, 0) is 17.7 Å². The first-order valence-corrected chi connectivity index (χ1v) is 6.55. The lowest BCUT2D eigenvalue weighted by Gasteiger charge is -2.06. The lowest BCUT2D eigenvalue weighted by atomic mass is 10.2. The van der Waals surface area contributed by atoms with Crippen LogP contribution in [0, 0.1) is 0 Å². The van der Waals surface area contributed by atoms with Crippen LogP contribution in [0.5, 0.6) is 0 Å². The highest BCUT2D eigenvalue weighted by Gasteiger charge is 2.09. The van der Waals surface area contributed by atoms with Crippen molar-refractivity contribution < 1.29 is 4.79 Å². The molecule has 3 rings (SSSR count). The average Bonchev–Trinajstić information content (AvgIpc) is 2.97. The number of fused-ring (bicyclic) bond motifs is 1. The van der Waals surface area contributed by atoms with Crippen molar-refractivity contribution in [2.75, 3.05) is 0 Å². The van der Waals surface area contributed by atoms with Crippen LogP contribution in [0.25, 0.3) is 5.65 Å². The van der Waals surface area contributed by atoms with Crippen molar-refractivity contribution in [1.29, 1.82) is 0 Å². The molecule has 0 aliphatic rings. The van der Waals surface area contributed by atoms with Crippen LogP contribution in [0.15, 0.2) is 46.4 Å². The van der Waals surface area contributed by atoms with Crippen LogP contribution >= 0.6 is 0 Å². The van der Waals surface area contributed by atoms with E-state index < -0.39 is 17.2 Å². The first-order chi connectivity index (χ1) is 10.5. The van der Waals surface area contributed by atoms with Gasteiger partial charge >= 0.3 is 5.69 Å². The van der Waals surface area contributed by atoms with Crippen LogP contribution in [0.3, 0.4) is 0 Å². The molecule has 22 heavy (non-hydrogen) atoms. The molecule has 8 heteroatoms. The summed E-state index contributed by atoms with van der Waals surface area (Å²) in [6.07, 6.45) is 5.34. The van der Waals surface area contributed by atoms with Crippen molar-refractivity contribution in [3.05, 3.63) is 68.9 Å². The Morgan fingerprint density at radius 2 is 2.14 bits per heavy atom. The number of pyridine rings is 1. The summed E-state index contributed by atoms with van der Waals surface area (Å²) >= 11 is 0. The highest BCUT2D eigenvalue weighted by atomic mass is 16.2. The minimum absolute atomic E-state index is 0.0602. The van der Waals surface area contributed by atoms with Gasteiger partial charge in [0.15, 0.2) is 0 Å². The molecule has 0 aromatic carbocycles. The third-order valence-corrected chi connectivity index (χ3v) is 3.30. The van der Waals surface area contributed by atoms with Crippen LogP contribution in [0.2, 0.25) is 0 Å². The summed E-state index contributed by atoms with van der Waals surface area (Å²) in [6, 6.07) is 4.78. The van der Waals surface area contributed by atoms with Gasteiger partial charge in [-0.3, -0.25) is 14.2 Å². The Morgan fingerprint density at radius 3 is 2.91 bits per heavy atom. The molecule has 0 aliphatic heterocycles. The largest absolute Gasteiger partial charge is 0.347 e. The SMILES string of the molecule is Cn1c(=O)cc(C(=O)NCc2ccn3ccnc3c2)[nH]c1=O. The Hall–Kier alpha value is -3.16. The zero-order valence-corrected chi connectivity index (χ0v) is 11.7. The van der Waals surface area contributed by atoms with Crippen LogP contribution in [0.1, 0.15) is 16.1 Å². The summed E-state index contributed by atoms with van der Waals surface area (Å²) < 4.78 is 2.74. The standard InChI is InChI=1S/C14H13N5O3/c1-18-12(20)7-10(17-14(18)22)13(21)16-8-9-2-4-19-5-3-15-11(19)6-9/h2-7H,8H2,1H3,(H,16,21)(H,17,22). The van der Waals surface area contributed by atoms with Gasteiger partial charge < -0.3 is 14.7 Å². The van der Waals surface area contributed by atoms with Crippen molar-refractivity contribution >= 4 is 11.6 Å². The molecule has 0 fully saturated rings. The monoisotopic (exact) mass is 299 g/mol. The minimum atomic E-state index is -0.628. The van der Waals surface area contributed by atoms with Gasteiger partial charge in [0.1, 0.15) is 11.3 Å². The minimum Gasteiger partial charge on any atom is -0.347 e. The van der Waals surface area contributed by atoms with Crippen molar-refractivity contribution in [3.8, 4) is 0 Å². The van der Waals surface area contributed by atoms with E-state index in [-0.39, 0.29) is 12.2 Å². The Labute approximate surface area is 124 Å². The fraction of sp³-hybridized carbons (Fsp3) is 0.143. The summed E-state index contributed by atoms with van der Waals surface area (Å²) in [4.78, 5) is 41.5. The van der Waals surface area contributed by atoms with Gasteiger partial charge in [0.2, 0.25) is 0 Å². The fourth-order valence-electron chi connectivity index (χ4n) is 2.02. The van der Waals surface area contributed by atoms with Gasteiger partial charge in [-0.1, -0.05) is 0 Å². The Bertz CT molecular complexity index is 935. The zero-order valence-electron chi connectivity index (χ0n) is 11.7. The number of aromatic nitrogens is 4.